The van der Waals surface area contributed by atoms with Crippen LogP contribution >= 0.6 is 0 Å². The van der Waals surface area contributed by atoms with E-state index in [1.165, 1.54) is 5.56 Å². The van der Waals surface area contributed by atoms with Gasteiger partial charge in [0, 0.05) is 36.1 Å². The molecule has 18 heavy (non-hydrogen) atoms. The number of ether oxygens (including phenoxy) is 1. The zero-order chi connectivity index (χ0) is 12.9. The van der Waals surface area contributed by atoms with Crippen molar-refractivity contribution in [2.24, 2.45) is 5.73 Å². The van der Waals surface area contributed by atoms with Crippen molar-refractivity contribution in [3.05, 3.63) is 23.3 Å². The molecule has 4 heteroatoms. The third-order valence-electron chi connectivity index (χ3n) is 3.79. The molecule has 3 N–H and O–H groups in total. The number of carbonyl (C=O) groups excluding carboxylic acids is 1. The fourth-order valence-electron chi connectivity index (χ4n) is 2.97. The first-order valence-corrected chi connectivity index (χ1v) is 6.34. The van der Waals surface area contributed by atoms with Gasteiger partial charge in [0.15, 0.2) is 0 Å². The van der Waals surface area contributed by atoms with Crippen molar-refractivity contribution in [2.75, 3.05) is 11.9 Å². The third-order valence-corrected chi connectivity index (χ3v) is 3.79. The van der Waals surface area contributed by atoms with Crippen LogP contribution < -0.4 is 15.8 Å². The maximum Gasteiger partial charge on any atom is 0.225 e. The Bertz CT molecular complexity index is 523. The zero-order valence-electron chi connectivity index (χ0n) is 10.7. The first-order valence-electron chi connectivity index (χ1n) is 6.34. The molecule has 0 spiro atoms. The van der Waals surface area contributed by atoms with Crippen molar-refractivity contribution in [1.29, 1.82) is 0 Å². The van der Waals surface area contributed by atoms with Crippen LogP contribution in [0, 0.1) is 0 Å². The van der Waals surface area contributed by atoms with Gasteiger partial charge in [-0.05, 0) is 11.6 Å². The Morgan fingerprint density at radius 3 is 3.00 bits per heavy atom. The number of benzene rings is 1. The Morgan fingerprint density at radius 1 is 1.50 bits per heavy atom. The van der Waals surface area contributed by atoms with E-state index in [1.54, 1.807) is 0 Å². The molecular formula is C14H18N2O2. The van der Waals surface area contributed by atoms with Crippen molar-refractivity contribution < 1.29 is 9.53 Å². The summed E-state index contributed by atoms with van der Waals surface area (Å²) in [5.74, 6) is 1.01. The molecule has 3 rings (SSSR count). The van der Waals surface area contributed by atoms with Crippen LogP contribution in [0.5, 0.6) is 5.75 Å². The number of nitrogens with two attached hydrogens (primary N) is 1. The monoisotopic (exact) mass is 246 g/mol. The molecule has 1 aromatic rings. The topological polar surface area (TPSA) is 64.3 Å². The molecule has 0 saturated carbocycles. The van der Waals surface area contributed by atoms with Gasteiger partial charge < -0.3 is 15.8 Å². The smallest absolute Gasteiger partial charge is 0.225 e. The van der Waals surface area contributed by atoms with E-state index < -0.39 is 0 Å². The lowest BCUT2D eigenvalue weighted by Crippen LogP contribution is -2.33. The van der Waals surface area contributed by atoms with Gasteiger partial charge in [-0.3, -0.25) is 4.79 Å². The fraction of sp³-hybridized carbons (Fsp3) is 0.500. The highest BCUT2D eigenvalue weighted by Crippen LogP contribution is 2.47. The van der Waals surface area contributed by atoms with Crippen LogP contribution in [0.4, 0.5) is 5.69 Å². The third kappa shape index (κ3) is 1.60. The summed E-state index contributed by atoms with van der Waals surface area (Å²) < 4.78 is 5.95. The Morgan fingerprint density at radius 2 is 2.28 bits per heavy atom. The number of rotatable bonds is 1. The standard InChI is InChI=1S/C14H18N2O2/c1-14(2)6-11(17)16-10-4-3-8-5-9(7-15)18-13(8)12(10)14/h3-4,9H,5-7,15H2,1-2H3,(H,16,17). The van der Waals surface area contributed by atoms with E-state index in [0.29, 0.717) is 13.0 Å². The van der Waals surface area contributed by atoms with Crippen molar-refractivity contribution >= 4 is 11.6 Å². The Labute approximate surface area is 107 Å². The molecule has 0 saturated heterocycles. The Kier molecular flexibility index (Phi) is 2.38. The van der Waals surface area contributed by atoms with Crippen molar-refractivity contribution in [3.63, 3.8) is 0 Å². The summed E-state index contributed by atoms with van der Waals surface area (Å²) in [5, 5.41) is 2.93. The maximum absolute atomic E-state index is 11.7. The van der Waals surface area contributed by atoms with Gasteiger partial charge in [-0.25, -0.2) is 0 Å². The minimum Gasteiger partial charge on any atom is -0.488 e. The molecule has 1 atom stereocenters. The lowest BCUT2D eigenvalue weighted by atomic mass is 9.77. The van der Waals surface area contributed by atoms with Gasteiger partial charge in [0.05, 0.1) is 0 Å². The predicted octanol–water partition coefficient (Wildman–Crippen LogP) is 1.57. The average molecular weight is 246 g/mol. The summed E-state index contributed by atoms with van der Waals surface area (Å²) in [7, 11) is 0. The number of nitrogens with one attached hydrogen (secondary N) is 1. The average Bonchev–Trinajstić information content (AvgIpc) is 2.69. The van der Waals surface area contributed by atoms with Crippen LogP contribution in [0.15, 0.2) is 12.1 Å². The molecule has 2 heterocycles. The molecule has 4 nitrogen and oxygen atoms in total. The van der Waals surface area contributed by atoms with Gasteiger partial charge in [0.25, 0.3) is 0 Å². The molecule has 1 aromatic carbocycles. The van der Waals surface area contributed by atoms with E-state index in [-0.39, 0.29) is 17.4 Å². The van der Waals surface area contributed by atoms with Crippen LogP contribution in [-0.4, -0.2) is 18.6 Å². The molecule has 0 aromatic heterocycles. The molecule has 2 aliphatic heterocycles. The minimum absolute atomic E-state index is 0.0694. The van der Waals surface area contributed by atoms with Crippen LogP contribution in [0.25, 0.3) is 0 Å². The highest BCUT2D eigenvalue weighted by molar-refractivity contribution is 5.96. The molecule has 0 aliphatic carbocycles. The number of amides is 1. The van der Waals surface area contributed by atoms with Crippen LogP contribution in [0.2, 0.25) is 0 Å². The SMILES string of the molecule is CC1(C)CC(=O)Nc2ccc3c(c21)OC(CN)C3. The highest BCUT2D eigenvalue weighted by Gasteiger charge is 2.38. The molecule has 0 radical (unpaired) electrons. The zero-order valence-corrected chi connectivity index (χ0v) is 10.7. The molecule has 0 fully saturated rings. The van der Waals surface area contributed by atoms with Crippen molar-refractivity contribution in [1.82, 2.24) is 0 Å². The van der Waals surface area contributed by atoms with E-state index >= 15 is 0 Å². The van der Waals surface area contributed by atoms with Crippen molar-refractivity contribution in [2.45, 2.75) is 38.2 Å². The highest BCUT2D eigenvalue weighted by atomic mass is 16.5. The van der Waals surface area contributed by atoms with Crippen molar-refractivity contribution in [3.8, 4) is 5.75 Å². The van der Waals surface area contributed by atoms with E-state index in [4.69, 9.17) is 10.5 Å². The van der Waals surface area contributed by atoms with Gasteiger partial charge >= 0.3 is 0 Å². The molecule has 1 amide bonds. The Hall–Kier alpha value is -1.55. The van der Waals surface area contributed by atoms with Crippen LogP contribution in [0.3, 0.4) is 0 Å². The van der Waals surface area contributed by atoms with Gasteiger partial charge in [0.1, 0.15) is 11.9 Å². The lowest BCUT2D eigenvalue weighted by molar-refractivity contribution is -0.117. The second-order valence-electron chi connectivity index (χ2n) is 5.76. The first-order chi connectivity index (χ1) is 8.51. The summed E-state index contributed by atoms with van der Waals surface area (Å²) in [4.78, 5) is 11.7. The molecule has 1 unspecified atom stereocenters. The number of hydrogen-bond acceptors (Lipinski definition) is 3. The van der Waals surface area contributed by atoms with Gasteiger partial charge in [-0.2, -0.15) is 0 Å². The molecule has 96 valence electrons. The largest absolute Gasteiger partial charge is 0.488 e. The maximum atomic E-state index is 11.7. The van der Waals surface area contributed by atoms with Gasteiger partial charge in [-0.1, -0.05) is 19.9 Å². The lowest BCUT2D eigenvalue weighted by Gasteiger charge is -2.33. The normalized spacial score (nSPS) is 23.9. The van der Waals surface area contributed by atoms with Gasteiger partial charge in [-0.15, -0.1) is 0 Å². The molecule has 0 bridgehead atoms. The van der Waals surface area contributed by atoms with Crippen LogP contribution in [-0.2, 0) is 16.6 Å². The second-order valence-corrected chi connectivity index (χ2v) is 5.76. The Balaban J connectivity index is 2.14. The molecule has 2 aliphatic rings. The van der Waals surface area contributed by atoms with E-state index in [9.17, 15) is 4.79 Å². The minimum atomic E-state index is -0.188. The number of anilines is 1. The van der Waals surface area contributed by atoms with Gasteiger partial charge in [0.2, 0.25) is 5.91 Å². The predicted molar refractivity (Wildman–Crippen MR) is 69.9 cm³/mol. The molecular weight excluding hydrogens is 228 g/mol. The fourth-order valence-corrected chi connectivity index (χ4v) is 2.97. The van der Waals surface area contributed by atoms with Crippen LogP contribution in [0.1, 0.15) is 31.4 Å². The summed E-state index contributed by atoms with van der Waals surface area (Å²) in [5.41, 5.74) is 8.70. The quantitative estimate of drug-likeness (QED) is 0.790. The summed E-state index contributed by atoms with van der Waals surface area (Å²) in [6, 6.07) is 4.01. The summed E-state index contributed by atoms with van der Waals surface area (Å²) in [6.45, 7) is 4.70. The van der Waals surface area contributed by atoms with E-state index in [0.717, 1.165) is 23.4 Å². The first kappa shape index (κ1) is 11.5. The van der Waals surface area contributed by atoms with E-state index in [1.807, 2.05) is 12.1 Å². The summed E-state index contributed by atoms with van der Waals surface area (Å²) in [6.07, 6.45) is 1.43. The number of hydrogen-bond donors (Lipinski definition) is 2. The van der Waals surface area contributed by atoms with E-state index in [2.05, 4.69) is 19.2 Å². The number of carbonyl (C=O) groups is 1. The summed E-state index contributed by atoms with van der Waals surface area (Å²) >= 11 is 0. The second kappa shape index (κ2) is 3.72. The number of fused-ring (bicyclic) bond motifs is 3.